The molecule has 0 aliphatic carbocycles. The highest BCUT2D eigenvalue weighted by atomic mass is 127. The lowest BCUT2D eigenvalue weighted by molar-refractivity contribution is 0.174. The maximum atomic E-state index is 4.42. The second kappa shape index (κ2) is 11.5. The molecule has 4 nitrogen and oxygen atoms in total. The molecule has 2 rings (SSSR count). The highest BCUT2D eigenvalue weighted by Gasteiger charge is 2.19. The van der Waals surface area contributed by atoms with Gasteiger partial charge in [-0.1, -0.05) is 6.07 Å². The van der Waals surface area contributed by atoms with Gasteiger partial charge in [-0.25, -0.2) is 0 Å². The SMILES string of the molecule is CN=C(NCCCSC)N1CCN(Cc2cccs2)CC1.I. The largest absolute Gasteiger partial charge is 0.356 e. The van der Waals surface area contributed by atoms with Crippen LogP contribution in [0.1, 0.15) is 11.3 Å². The number of halogens is 1. The molecule has 0 bridgehead atoms. The zero-order chi connectivity index (χ0) is 14.9. The zero-order valence-electron chi connectivity index (χ0n) is 13.5. The molecule has 0 atom stereocenters. The third-order valence-corrected chi connectivity index (χ3v) is 5.21. The summed E-state index contributed by atoms with van der Waals surface area (Å²) in [7, 11) is 1.88. The Morgan fingerprint density at radius 2 is 2.14 bits per heavy atom. The highest BCUT2D eigenvalue weighted by Crippen LogP contribution is 2.13. The van der Waals surface area contributed by atoms with Gasteiger partial charge in [-0.05, 0) is 29.9 Å². The number of thioether (sulfide) groups is 1. The van der Waals surface area contributed by atoms with Crippen LogP contribution in [-0.2, 0) is 6.54 Å². The number of hydrogen-bond donors (Lipinski definition) is 1. The summed E-state index contributed by atoms with van der Waals surface area (Å²) in [6.07, 6.45) is 3.35. The molecule has 2 heterocycles. The summed E-state index contributed by atoms with van der Waals surface area (Å²) in [6, 6.07) is 4.36. The first-order valence-corrected chi connectivity index (χ1v) is 9.80. The smallest absolute Gasteiger partial charge is 0.193 e. The van der Waals surface area contributed by atoms with Crippen molar-refractivity contribution in [1.82, 2.24) is 15.1 Å². The van der Waals surface area contributed by atoms with E-state index in [-0.39, 0.29) is 24.0 Å². The number of guanidine groups is 1. The Morgan fingerprint density at radius 1 is 1.36 bits per heavy atom. The van der Waals surface area contributed by atoms with Gasteiger partial charge in [-0.15, -0.1) is 35.3 Å². The molecular formula is C15H27IN4S2. The van der Waals surface area contributed by atoms with Crippen LogP contribution in [0, 0.1) is 0 Å². The van der Waals surface area contributed by atoms with Crippen molar-refractivity contribution in [3.8, 4) is 0 Å². The molecule has 0 aromatic carbocycles. The Hall–Kier alpha value is 0.01000. The third-order valence-electron chi connectivity index (χ3n) is 3.65. The van der Waals surface area contributed by atoms with E-state index in [0.29, 0.717) is 0 Å². The molecule has 1 aromatic rings. The Bertz CT molecular complexity index is 417. The van der Waals surface area contributed by atoms with Crippen molar-refractivity contribution in [1.29, 1.82) is 0 Å². The fourth-order valence-electron chi connectivity index (χ4n) is 2.49. The molecule has 126 valence electrons. The van der Waals surface area contributed by atoms with E-state index < -0.39 is 0 Å². The Balaban J connectivity index is 0.00000242. The van der Waals surface area contributed by atoms with Crippen LogP contribution in [0.4, 0.5) is 0 Å². The van der Waals surface area contributed by atoms with Crippen molar-refractivity contribution in [2.24, 2.45) is 4.99 Å². The Kier molecular flexibility index (Phi) is 10.5. The molecule has 1 aliphatic heterocycles. The first-order chi connectivity index (χ1) is 10.3. The van der Waals surface area contributed by atoms with Gasteiger partial charge in [0.15, 0.2) is 5.96 Å². The summed E-state index contributed by atoms with van der Waals surface area (Å²) >= 11 is 3.75. The lowest BCUT2D eigenvalue weighted by Gasteiger charge is -2.36. The quantitative estimate of drug-likeness (QED) is 0.310. The molecule has 0 spiro atoms. The second-order valence-corrected chi connectivity index (χ2v) is 7.18. The fraction of sp³-hybridized carbons (Fsp3) is 0.667. The van der Waals surface area contributed by atoms with Crippen LogP contribution in [0.5, 0.6) is 0 Å². The molecule has 1 aromatic heterocycles. The summed E-state index contributed by atoms with van der Waals surface area (Å²) in [5.41, 5.74) is 0. The van der Waals surface area contributed by atoms with Gasteiger partial charge in [0.2, 0.25) is 0 Å². The van der Waals surface area contributed by atoms with Gasteiger partial charge < -0.3 is 10.2 Å². The number of nitrogens with zero attached hydrogens (tertiary/aromatic N) is 3. The van der Waals surface area contributed by atoms with Gasteiger partial charge >= 0.3 is 0 Å². The number of thiophene rings is 1. The number of rotatable bonds is 6. The van der Waals surface area contributed by atoms with Crippen LogP contribution in [0.25, 0.3) is 0 Å². The summed E-state index contributed by atoms with van der Waals surface area (Å²) in [5, 5.41) is 5.64. The maximum absolute atomic E-state index is 4.42. The minimum atomic E-state index is 0. The lowest BCUT2D eigenvalue weighted by Crippen LogP contribution is -2.52. The minimum Gasteiger partial charge on any atom is -0.356 e. The average molecular weight is 454 g/mol. The Labute approximate surface area is 159 Å². The van der Waals surface area contributed by atoms with Gasteiger partial charge in [0.05, 0.1) is 0 Å². The lowest BCUT2D eigenvalue weighted by atomic mass is 10.3. The predicted molar refractivity (Wildman–Crippen MR) is 111 cm³/mol. The molecule has 7 heteroatoms. The van der Waals surface area contributed by atoms with E-state index in [0.717, 1.165) is 45.2 Å². The van der Waals surface area contributed by atoms with E-state index >= 15 is 0 Å². The summed E-state index contributed by atoms with van der Waals surface area (Å²) in [6.45, 7) is 6.46. The van der Waals surface area contributed by atoms with E-state index in [1.165, 1.54) is 17.1 Å². The predicted octanol–water partition coefficient (Wildman–Crippen LogP) is 2.81. The van der Waals surface area contributed by atoms with Crippen molar-refractivity contribution in [3.63, 3.8) is 0 Å². The minimum absolute atomic E-state index is 0. The molecule has 0 unspecified atom stereocenters. The molecule has 22 heavy (non-hydrogen) atoms. The molecule has 1 saturated heterocycles. The molecular weight excluding hydrogens is 427 g/mol. The van der Waals surface area contributed by atoms with Gasteiger partial charge in [0.25, 0.3) is 0 Å². The zero-order valence-corrected chi connectivity index (χ0v) is 17.4. The van der Waals surface area contributed by atoms with Gasteiger partial charge in [0.1, 0.15) is 0 Å². The van der Waals surface area contributed by atoms with E-state index in [4.69, 9.17) is 0 Å². The highest BCUT2D eigenvalue weighted by molar-refractivity contribution is 14.0. The maximum Gasteiger partial charge on any atom is 0.193 e. The van der Waals surface area contributed by atoms with E-state index in [1.807, 2.05) is 30.1 Å². The number of aliphatic imine (C=N–C) groups is 1. The van der Waals surface area contributed by atoms with Crippen molar-refractivity contribution >= 4 is 53.0 Å². The van der Waals surface area contributed by atoms with Gasteiger partial charge in [-0.2, -0.15) is 11.8 Å². The van der Waals surface area contributed by atoms with E-state index in [1.54, 1.807) is 0 Å². The van der Waals surface area contributed by atoms with Crippen molar-refractivity contribution in [2.45, 2.75) is 13.0 Å². The molecule has 0 amide bonds. The van der Waals surface area contributed by atoms with Crippen LogP contribution in [-0.4, -0.2) is 67.5 Å². The summed E-state index contributed by atoms with van der Waals surface area (Å²) < 4.78 is 0. The molecule has 1 N–H and O–H groups in total. The van der Waals surface area contributed by atoms with Crippen LogP contribution >= 0.6 is 47.1 Å². The first-order valence-electron chi connectivity index (χ1n) is 7.52. The summed E-state index contributed by atoms with van der Waals surface area (Å²) in [5.74, 6) is 2.27. The molecule has 1 aliphatic rings. The van der Waals surface area contributed by atoms with Crippen molar-refractivity contribution in [2.75, 3.05) is 51.8 Å². The van der Waals surface area contributed by atoms with Crippen molar-refractivity contribution < 1.29 is 0 Å². The number of hydrogen-bond acceptors (Lipinski definition) is 4. The van der Waals surface area contributed by atoms with E-state index in [9.17, 15) is 0 Å². The number of piperazine rings is 1. The van der Waals surface area contributed by atoms with Crippen LogP contribution in [0.15, 0.2) is 22.5 Å². The number of nitrogens with one attached hydrogen (secondary N) is 1. The first kappa shape index (κ1) is 20.1. The third kappa shape index (κ3) is 6.64. The summed E-state index contributed by atoms with van der Waals surface area (Å²) in [4.78, 5) is 10.8. The molecule has 0 radical (unpaired) electrons. The molecule has 0 saturated carbocycles. The average Bonchev–Trinajstić information content (AvgIpc) is 3.02. The molecule has 1 fully saturated rings. The van der Waals surface area contributed by atoms with Gasteiger partial charge in [0, 0.05) is 51.2 Å². The fourth-order valence-corrected chi connectivity index (χ4v) is 3.67. The van der Waals surface area contributed by atoms with Crippen molar-refractivity contribution in [3.05, 3.63) is 22.4 Å². The van der Waals surface area contributed by atoms with Crippen LogP contribution in [0.2, 0.25) is 0 Å². The van der Waals surface area contributed by atoms with Crippen LogP contribution < -0.4 is 5.32 Å². The van der Waals surface area contributed by atoms with Gasteiger partial charge in [-0.3, -0.25) is 9.89 Å². The normalized spacial score (nSPS) is 16.5. The monoisotopic (exact) mass is 454 g/mol. The van der Waals surface area contributed by atoms with E-state index in [2.05, 4.69) is 43.9 Å². The standard InChI is InChI=1S/C15H26N4S2.HI/c1-16-15(17-6-4-11-20-2)19-9-7-18(8-10-19)13-14-5-3-12-21-14;/h3,5,12H,4,6-11,13H2,1-2H3,(H,16,17);1H. The Morgan fingerprint density at radius 3 is 2.73 bits per heavy atom. The van der Waals surface area contributed by atoms with Crippen LogP contribution in [0.3, 0.4) is 0 Å². The second-order valence-electron chi connectivity index (χ2n) is 5.16. The topological polar surface area (TPSA) is 30.9 Å².